The first kappa shape index (κ1) is 18.5. The zero-order valence-electron chi connectivity index (χ0n) is 14.1. The number of carbonyl (C=O) groups is 1. The van der Waals surface area contributed by atoms with Crippen LogP contribution in [-0.2, 0) is 4.79 Å². The summed E-state index contributed by atoms with van der Waals surface area (Å²) in [5.74, 6) is 0.103. The van der Waals surface area contributed by atoms with E-state index in [2.05, 4.69) is 5.32 Å². The van der Waals surface area contributed by atoms with E-state index in [9.17, 15) is 9.90 Å². The minimum atomic E-state index is -0.573. The van der Waals surface area contributed by atoms with Gasteiger partial charge in [-0.25, -0.2) is 0 Å². The highest BCUT2D eigenvalue weighted by Crippen LogP contribution is 2.41. The van der Waals surface area contributed by atoms with Crippen molar-refractivity contribution in [2.45, 2.75) is 33.2 Å². The van der Waals surface area contributed by atoms with E-state index >= 15 is 0 Å². The molecule has 1 aromatic carbocycles. The smallest absolute Gasteiger partial charge is 0.173 e. The summed E-state index contributed by atoms with van der Waals surface area (Å²) in [4.78, 5) is 14.2. The van der Waals surface area contributed by atoms with Crippen LogP contribution >= 0.6 is 23.8 Å². The number of phenols is 1. The van der Waals surface area contributed by atoms with Crippen molar-refractivity contribution in [3.63, 3.8) is 0 Å². The number of hydrogen-bond donors (Lipinski definition) is 2. The first-order valence-electron chi connectivity index (χ1n) is 7.67. The highest BCUT2D eigenvalue weighted by molar-refractivity contribution is 7.80. The zero-order valence-corrected chi connectivity index (χ0v) is 15.7. The van der Waals surface area contributed by atoms with Gasteiger partial charge in [0.15, 0.2) is 22.4 Å². The molecule has 0 saturated carbocycles. The van der Waals surface area contributed by atoms with Crippen molar-refractivity contribution in [3.8, 4) is 11.5 Å². The number of halogens is 1. The molecule has 0 aromatic heterocycles. The van der Waals surface area contributed by atoms with Gasteiger partial charge in [0, 0.05) is 34.5 Å². The largest absolute Gasteiger partial charge is 0.504 e. The predicted octanol–water partition coefficient (Wildman–Crippen LogP) is 3.56. The monoisotopic (exact) mass is 368 g/mol. The second kappa shape index (κ2) is 7.40. The molecule has 1 heterocycles. The van der Waals surface area contributed by atoms with E-state index in [4.69, 9.17) is 28.6 Å². The lowest BCUT2D eigenvalue weighted by molar-refractivity contribution is -0.114. The molecule has 2 N–H and O–H groups in total. The first-order chi connectivity index (χ1) is 11.3. The summed E-state index contributed by atoms with van der Waals surface area (Å²) in [6, 6.07) is 2.57. The Hall–Kier alpha value is -1.79. The van der Waals surface area contributed by atoms with Gasteiger partial charge in [-0.1, -0.05) is 18.5 Å². The number of benzene rings is 1. The Bertz CT molecular complexity index is 718. The van der Waals surface area contributed by atoms with Gasteiger partial charge < -0.3 is 20.1 Å². The van der Waals surface area contributed by atoms with Crippen LogP contribution in [0.3, 0.4) is 0 Å². The maximum atomic E-state index is 12.3. The number of ketones is 1. The van der Waals surface area contributed by atoms with Crippen LogP contribution < -0.4 is 10.1 Å². The van der Waals surface area contributed by atoms with Crippen LogP contribution in [0.1, 0.15) is 38.8 Å². The van der Waals surface area contributed by atoms with E-state index in [-0.39, 0.29) is 17.3 Å². The Balaban J connectivity index is 2.64. The van der Waals surface area contributed by atoms with Gasteiger partial charge in [-0.2, -0.15) is 0 Å². The van der Waals surface area contributed by atoms with Gasteiger partial charge in [0.1, 0.15) is 0 Å². The van der Waals surface area contributed by atoms with Gasteiger partial charge in [-0.3, -0.25) is 4.79 Å². The third-order valence-corrected chi connectivity index (χ3v) is 4.58. The van der Waals surface area contributed by atoms with Crippen molar-refractivity contribution in [2.75, 3.05) is 13.7 Å². The minimum Gasteiger partial charge on any atom is -0.504 e. The Morgan fingerprint density at radius 2 is 2.17 bits per heavy atom. The topological polar surface area (TPSA) is 61.8 Å². The number of ether oxygens (including phenoxy) is 1. The molecule has 1 atom stereocenters. The fourth-order valence-corrected chi connectivity index (χ4v) is 3.50. The number of nitrogens with zero attached hydrogens (tertiary/aromatic N) is 1. The fraction of sp³-hybridized carbons (Fsp3) is 0.412. The lowest BCUT2D eigenvalue weighted by atomic mass is 9.91. The third-order valence-electron chi connectivity index (χ3n) is 4.02. The SMILES string of the molecule is CCCN1C(=S)NC(c2cc(Cl)cc(OC)c2O)C(C(C)=O)=C1C. The van der Waals surface area contributed by atoms with Crippen molar-refractivity contribution in [1.29, 1.82) is 0 Å². The molecule has 130 valence electrons. The van der Waals surface area contributed by atoms with Crippen LogP contribution in [0.2, 0.25) is 5.02 Å². The van der Waals surface area contributed by atoms with Crippen molar-refractivity contribution in [1.82, 2.24) is 10.2 Å². The second-order valence-corrected chi connectivity index (χ2v) is 6.46. The molecule has 7 heteroatoms. The standard InChI is InChI=1S/C17H21ClN2O3S/c1-5-6-20-9(2)14(10(3)21)15(19-17(20)24)12-7-11(18)8-13(23-4)16(12)22/h7-8,15,22H,5-6H2,1-4H3,(H,19,24). The van der Waals surface area contributed by atoms with E-state index < -0.39 is 6.04 Å². The Labute approximate surface area is 152 Å². The fourth-order valence-electron chi connectivity index (χ4n) is 2.93. The van der Waals surface area contributed by atoms with Gasteiger partial charge in [0.2, 0.25) is 0 Å². The van der Waals surface area contributed by atoms with Crippen LogP contribution in [-0.4, -0.2) is 34.6 Å². The zero-order chi connectivity index (χ0) is 18.0. The highest BCUT2D eigenvalue weighted by Gasteiger charge is 2.34. The second-order valence-electron chi connectivity index (χ2n) is 5.64. The molecule has 0 radical (unpaired) electrons. The third kappa shape index (κ3) is 3.35. The maximum absolute atomic E-state index is 12.3. The number of phenolic OH excluding ortho intramolecular Hbond substituents is 1. The normalized spacial score (nSPS) is 17.8. The van der Waals surface area contributed by atoms with E-state index in [0.29, 0.717) is 27.8 Å². The lowest BCUT2D eigenvalue weighted by Crippen LogP contribution is -2.47. The van der Waals surface area contributed by atoms with Crippen LogP contribution in [0.4, 0.5) is 0 Å². The molecule has 24 heavy (non-hydrogen) atoms. The molecule has 0 fully saturated rings. The van der Waals surface area contributed by atoms with Crippen molar-refractivity contribution < 1.29 is 14.6 Å². The summed E-state index contributed by atoms with van der Waals surface area (Å²) in [7, 11) is 1.45. The summed E-state index contributed by atoms with van der Waals surface area (Å²) in [5.41, 5.74) is 1.80. The van der Waals surface area contributed by atoms with E-state index in [1.165, 1.54) is 20.1 Å². The van der Waals surface area contributed by atoms with Crippen LogP contribution in [0.25, 0.3) is 0 Å². The van der Waals surface area contributed by atoms with Gasteiger partial charge in [0.25, 0.3) is 0 Å². The number of hydrogen-bond acceptors (Lipinski definition) is 4. The number of carbonyl (C=O) groups excluding carboxylic acids is 1. The van der Waals surface area contributed by atoms with Crippen molar-refractivity contribution in [2.24, 2.45) is 0 Å². The first-order valence-corrected chi connectivity index (χ1v) is 8.46. The summed E-state index contributed by atoms with van der Waals surface area (Å²) in [6.45, 7) is 6.13. The lowest BCUT2D eigenvalue weighted by Gasteiger charge is -2.38. The van der Waals surface area contributed by atoms with Gasteiger partial charge in [0.05, 0.1) is 13.2 Å². The van der Waals surface area contributed by atoms with Crippen LogP contribution in [0, 0.1) is 0 Å². The Morgan fingerprint density at radius 1 is 1.50 bits per heavy atom. The molecular formula is C17H21ClN2O3S. The molecule has 5 nitrogen and oxygen atoms in total. The average molecular weight is 369 g/mol. The van der Waals surface area contributed by atoms with Crippen LogP contribution in [0.5, 0.6) is 11.5 Å². The predicted molar refractivity (Wildman–Crippen MR) is 98.5 cm³/mol. The quantitative estimate of drug-likeness (QED) is 0.775. The summed E-state index contributed by atoms with van der Waals surface area (Å²) in [6.07, 6.45) is 0.894. The molecule has 1 unspecified atom stereocenters. The van der Waals surface area contributed by atoms with Crippen molar-refractivity contribution >= 4 is 34.7 Å². The van der Waals surface area contributed by atoms with Gasteiger partial charge >= 0.3 is 0 Å². The number of thiocarbonyl (C=S) groups is 1. The van der Waals surface area contributed by atoms with E-state index in [1.54, 1.807) is 6.07 Å². The minimum absolute atomic E-state index is 0.0577. The molecular weight excluding hydrogens is 348 g/mol. The highest BCUT2D eigenvalue weighted by atomic mass is 35.5. The molecule has 1 aliphatic rings. The molecule has 0 saturated heterocycles. The van der Waals surface area contributed by atoms with Gasteiger partial charge in [-0.05, 0) is 38.6 Å². The van der Waals surface area contributed by atoms with E-state index in [0.717, 1.165) is 12.1 Å². The Morgan fingerprint density at radius 3 is 2.71 bits per heavy atom. The molecule has 0 aliphatic carbocycles. The number of aromatic hydroxyl groups is 1. The number of methoxy groups -OCH3 is 1. The summed E-state index contributed by atoms with van der Waals surface area (Å²) in [5, 5.41) is 14.6. The Kier molecular flexibility index (Phi) is 5.72. The summed E-state index contributed by atoms with van der Waals surface area (Å²) < 4.78 is 5.16. The van der Waals surface area contributed by atoms with Gasteiger partial charge in [-0.15, -0.1) is 0 Å². The number of Topliss-reactive ketones (excluding diaryl/α,β-unsaturated/α-hetero) is 1. The van der Waals surface area contributed by atoms with Crippen molar-refractivity contribution in [3.05, 3.63) is 34.0 Å². The molecule has 0 amide bonds. The molecule has 0 spiro atoms. The number of nitrogens with one attached hydrogen (secondary N) is 1. The van der Waals surface area contributed by atoms with E-state index in [1.807, 2.05) is 18.7 Å². The summed E-state index contributed by atoms with van der Waals surface area (Å²) >= 11 is 11.6. The molecule has 2 rings (SSSR count). The van der Waals surface area contributed by atoms with Crippen LogP contribution in [0.15, 0.2) is 23.4 Å². The molecule has 1 aromatic rings. The molecule has 1 aliphatic heterocycles. The molecule has 0 bridgehead atoms. The number of allylic oxidation sites excluding steroid dienone is 1. The maximum Gasteiger partial charge on any atom is 0.173 e. The number of rotatable bonds is 5. The average Bonchev–Trinajstić information content (AvgIpc) is 2.52.